The molecule has 140 valence electrons. The summed E-state index contributed by atoms with van der Waals surface area (Å²) in [7, 11) is 0. The molecule has 0 saturated heterocycles. The van der Waals surface area contributed by atoms with Crippen LogP contribution in [0.25, 0.3) is 6.08 Å². The van der Waals surface area contributed by atoms with Gasteiger partial charge in [-0.2, -0.15) is 16.9 Å². The molecule has 5 nitrogen and oxygen atoms in total. The number of benzene rings is 2. The van der Waals surface area contributed by atoms with Crippen molar-refractivity contribution in [1.29, 1.82) is 0 Å². The van der Waals surface area contributed by atoms with Crippen molar-refractivity contribution in [1.82, 2.24) is 10.7 Å². The third-order valence-corrected chi connectivity index (χ3v) is 4.34. The van der Waals surface area contributed by atoms with Gasteiger partial charge in [-0.3, -0.25) is 9.59 Å². The van der Waals surface area contributed by atoms with Gasteiger partial charge in [0.25, 0.3) is 11.8 Å². The predicted molar refractivity (Wildman–Crippen MR) is 113 cm³/mol. The van der Waals surface area contributed by atoms with Crippen LogP contribution in [-0.2, 0) is 4.79 Å². The van der Waals surface area contributed by atoms with Crippen molar-refractivity contribution < 1.29 is 9.59 Å². The maximum atomic E-state index is 12.4. The van der Waals surface area contributed by atoms with Gasteiger partial charge in [0.2, 0.25) is 0 Å². The Morgan fingerprint density at radius 3 is 2.41 bits per heavy atom. The van der Waals surface area contributed by atoms with Crippen molar-refractivity contribution in [2.75, 3.05) is 12.0 Å². The number of hydrogen-bond donors (Lipinski definition) is 2. The summed E-state index contributed by atoms with van der Waals surface area (Å²) >= 11 is 1.62. The van der Waals surface area contributed by atoms with Gasteiger partial charge in [-0.1, -0.05) is 54.6 Å². The van der Waals surface area contributed by atoms with Crippen molar-refractivity contribution in [3.05, 3.63) is 77.9 Å². The molecule has 0 heterocycles. The van der Waals surface area contributed by atoms with Gasteiger partial charge in [-0.25, -0.2) is 5.43 Å². The molecule has 0 saturated carbocycles. The predicted octanol–water partition coefficient (Wildman–Crippen LogP) is 3.35. The van der Waals surface area contributed by atoms with Crippen LogP contribution in [0.5, 0.6) is 0 Å². The number of thioether (sulfide) groups is 1. The van der Waals surface area contributed by atoms with Crippen LogP contribution >= 0.6 is 11.8 Å². The molecule has 2 aromatic rings. The highest BCUT2D eigenvalue weighted by Crippen LogP contribution is 2.04. The van der Waals surface area contributed by atoms with E-state index in [0.29, 0.717) is 12.0 Å². The quantitative estimate of drug-likeness (QED) is 0.517. The Morgan fingerprint density at radius 1 is 1.07 bits per heavy atom. The van der Waals surface area contributed by atoms with E-state index in [1.807, 2.05) is 48.7 Å². The lowest BCUT2D eigenvalue weighted by atomic mass is 10.1. The van der Waals surface area contributed by atoms with Crippen LogP contribution in [0.1, 0.15) is 22.3 Å². The highest BCUT2D eigenvalue weighted by atomic mass is 32.2. The molecule has 0 bridgehead atoms. The van der Waals surface area contributed by atoms with Gasteiger partial charge in [0.15, 0.2) is 0 Å². The van der Waals surface area contributed by atoms with Crippen LogP contribution in [0.2, 0.25) is 0 Å². The molecule has 0 aromatic heterocycles. The molecule has 2 N–H and O–H groups in total. The van der Waals surface area contributed by atoms with Crippen molar-refractivity contribution in [3.63, 3.8) is 0 Å². The number of rotatable bonds is 9. The first kappa shape index (κ1) is 20.5. The Bertz CT molecular complexity index is 777. The summed E-state index contributed by atoms with van der Waals surface area (Å²) in [6, 6.07) is 18.0. The third kappa shape index (κ3) is 7.50. The SMILES string of the molecule is CSCCC(NC(=O)c1ccccc1)C(=O)N/N=C/C=C/c1ccccc1. The lowest BCUT2D eigenvalue weighted by Gasteiger charge is -2.16. The number of amides is 2. The van der Waals surface area contributed by atoms with E-state index in [-0.39, 0.29) is 11.8 Å². The summed E-state index contributed by atoms with van der Waals surface area (Å²) < 4.78 is 0. The zero-order valence-corrected chi connectivity index (χ0v) is 16.0. The second kappa shape index (κ2) is 11.7. The summed E-state index contributed by atoms with van der Waals surface area (Å²) in [5.41, 5.74) is 4.06. The van der Waals surface area contributed by atoms with Crippen LogP contribution in [0.15, 0.2) is 71.8 Å². The summed E-state index contributed by atoms with van der Waals surface area (Å²) in [5.74, 6) is 0.146. The average molecular weight is 382 g/mol. The molecule has 0 spiro atoms. The fraction of sp³-hybridized carbons (Fsp3) is 0.190. The van der Waals surface area contributed by atoms with Gasteiger partial charge < -0.3 is 5.32 Å². The van der Waals surface area contributed by atoms with Crippen molar-refractivity contribution in [3.8, 4) is 0 Å². The van der Waals surface area contributed by atoms with E-state index in [2.05, 4.69) is 15.8 Å². The van der Waals surface area contributed by atoms with Crippen molar-refractivity contribution in [2.45, 2.75) is 12.5 Å². The van der Waals surface area contributed by atoms with Gasteiger partial charge >= 0.3 is 0 Å². The molecule has 0 aliphatic rings. The Balaban J connectivity index is 1.90. The number of allylic oxidation sites excluding steroid dienone is 1. The highest BCUT2D eigenvalue weighted by Gasteiger charge is 2.20. The summed E-state index contributed by atoms with van der Waals surface area (Å²) in [4.78, 5) is 24.7. The van der Waals surface area contributed by atoms with E-state index in [1.165, 1.54) is 6.21 Å². The maximum Gasteiger partial charge on any atom is 0.262 e. The summed E-state index contributed by atoms with van der Waals surface area (Å²) in [5, 5.41) is 6.70. The molecular formula is C21H23N3O2S. The van der Waals surface area contributed by atoms with Crippen LogP contribution in [0, 0.1) is 0 Å². The first-order valence-corrected chi connectivity index (χ1v) is 9.99. The largest absolute Gasteiger partial charge is 0.340 e. The fourth-order valence-corrected chi connectivity index (χ4v) is 2.75. The normalized spacial score (nSPS) is 12.2. The molecular weight excluding hydrogens is 358 g/mol. The summed E-state index contributed by atoms with van der Waals surface area (Å²) in [6.07, 6.45) is 7.63. The summed E-state index contributed by atoms with van der Waals surface area (Å²) in [6.45, 7) is 0. The standard InChI is InChI=1S/C21H23N3O2S/c1-27-16-14-19(23-20(25)18-12-6-3-7-13-18)21(26)24-22-15-8-11-17-9-4-2-5-10-17/h2-13,15,19H,14,16H2,1H3,(H,23,25)(H,24,26)/b11-8+,22-15+. The number of carbonyl (C=O) groups excluding carboxylic acids is 2. The van der Waals surface area contributed by atoms with E-state index < -0.39 is 6.04 Å². The lowest BCUT2D eigenvalue weighted by Crippen LogP contribution is -2.45. The highest BCUT2D eigenvalue weighted by molar-refractivity contribution is 7.98. The Morgan fingerprint density at radius 2 is 1.74 bits per heavy atom. The van der Waals surface area contributed by atoms with Gasteiger partial charge in [0.1, 0.15) is 6.04 Å². The number of carbonyl (C=O) groups is 2. The van der Waals surface area contributed by atoms with Gasteiger partial charge in [0, 0.05) is 11.8 Å². The second-order valence-electron chi connectivity index (χ2n) is 5.70. The van der Waals surface area contributed by atoms with Crippen molar-refractivity contribution in [2.24, 2.45) is 5.10 Å². The molecule has 1 atom stereocenters. The van der Waals surface area contributed by atoms with E-state index >= 15 is 0 Å². The lowest BCUT2D eigenvalue weighted by molar-refractivity contribution is -0.123. The smallest absolute Gasteiger partial charge is 0.262 e. The second-order valence-corrected chi connectivity index (χ2v) is 6.68. The minimum absolute atomic E-state index is 0.273. The number of nitrogens with zero attached hydrogens (tertiary/aromatic N) is 1. The van der Waals surface area contributed by atoms with E-state index in [1.54, 1.807) is 42.1 Å². The zero-order valence-electron chi connectivity index (χ0n) is 15.2. The number of nitrogens with one attached hydrogen (secondary N) is 2. The van der Waals surface area contributed by atoms with Gasteiger partial charge in [-0.15, -0.1) is 0 Å². The molecule has 2 amide bonds. The molecule has 2 rings (SSSR count). The van der Waals surface area contributed by atoms with Crippen LogP contribution < -0.4 is 10.7 Å². The first-order chi connectivity index (χ1) is 13.2. The topological polar surface area (TPSA) is 70.6 Å². The molecule has 2 aromatic carbocycles. The Kier molecular flexibility index (Phi) is 8.86. The molecule has 0 radical (unpaired) electrons. The van der Waals surface area contributed by atoms with Gasteiger partial charge in [0.05, 0.1) is 0 Å². The minimum Gasteiger partial charge on any atom is -0.340 e. The van der Waals surface area contributed by atoms with Crippen LogP contribution in [-0.4, -0.2) is 36.1 Å². The van der Waals surface area contributed by atoms with E-state index in [4.69, 9.17) is 0 Å². The van der Waals surface area contributed by atoms with E-state index in [0.717, 1.165) is 11.3 Å². The molecule has 1 unspecified atom stereocenters. The third-order valence-electron chi connectivity index (χ3n) is 3.69. The first-order valence-electron chi connectivity index (χ1n) is 8.60. The van der Waals surface area contributed by atoms with Crippen molar-refractivity contribution >= 4 is 35.9 Å². The van der Waals surface area contributed by atoms with Gasteiger partial charge in [-0.05, 0) is 42.2 Å². The monoisotopic (exact) mass is 381 g/mol. The number of hydrazone groups is 1. The van der Waals surface area contributed by atoms with E-state index in [9.17, 15) is 9.59 Å². The molecule has 0 aliphatic carbocycles. The molecule has 0 aliphatic heterocycles. The average Bonchev–Trinajstić information content (AvgIpc) is 2.72. The van der Waals surface area contributed by atoms with Crippen LogP contribution in [0.4, 0.5) is 0 Å². The number of hydrogen-bond acceptors (Lipinski definition) is 4. The molecule has 6 heteroatoms. The Hall–Kier alpha value is -2.86. The Labute approximate surface area is 163 Å². The fourth-order valence-electron chi connectivity index (χ4n) is 2.28. The van der Waals surface area contributed by atoms with Crippen LogP contribution in [0.3, 0.4) is 0 Å². The molecule has 27 heavy (non-hydrogen) atoms. The minimum atomic E-state index is -0.639. The molecule has 0 fully saturated rings. The zero-order chi connectivity index (χ0) is 19.3. The maximum absolute atomic E-state index is 12.4.